The first-order valence-corrected chi connectivity index (χ1v) is 22.9. The van der Waals surface area contributed by atoms with Crippen LogP contribution >= 0.6 is 22.7 Å². The number of aryl methyl sites for hydroxylation is 2. The molecule has 0 spiro atoms. The molecule has 0 saturated heterocycles. The average molecular weight is 1090 g/mol. The molecule has 4 aromatic rings. The number of hydrogen-bond donors (Lipinski definition) is 2. The summed E-state index contributed by atoms with van der Waals surface area (Å²) in [5, 5.41) is 27.1. The van der Waals surface area contributed by atoms with E-state index in [0.717, 1.165) is 36.7 Å². The summed E-state index contributed by atoms with van der Waals surface area (Å²) in [6.07, 6.45) is 0. The third-order valence-corrected chi connectivity index (χ3v) is 12.6. The Bertz CT molecular complexity index is 2290. The molecule has 1 aliphatic rings. The summed E-state index contributed by atoms with van der Waals surface area (Å²) in [5.74, 6) is -3.79. The minimum Gasteiger partial charge on any atom is -1.00 e. The predicted molar refractivity (Wildman–Crippen MR) is 227 cm³/mol. The van der Waals surface area contributed by atoms with E-state index in [1.54, 1.807) is 24.3 Å². The molecule has 366 valence electrons. The molecule has 68 heavy (non-hydrogen) atoms. The first-order valence-electron chi connectivity index (χ1n) is 18.4. The first kappa shape index (κ1) is 65.4. The molecule has 23 nitrogen and oxygen atoms in total. The fraction of sp³-hybridized carbons (Fsp3) is 0.359. The Balaban J connectivity index is 0. The quantitative estimate of drug-likeness (QED) is 0.0173. The van der Waals surface area contributed by atoms with Crippen molar-refractivity contribution in [3.63, 3.8) is 0 Å². The van der Waals surface area contributed by atoms with Crippen LogP contribution in [0.25, 0.3) is 0 Å². The monoisotopic (exact) mass is 1090 g/mol. The molecule has 5 rings (SSSR count). The molecule has 2 aromatic carbocycles. The molecule has 0 unspecified atom stereocenters. The third-order valence-electron chi connectivity index (χ3n) is 7.70. The van der Waals surface area contributed by atoms with E-state index < -0.39 is 55.6 Å². The van der Waals surface area contributed by atoms with Crippen molar-refractivity contribution in [1.82, 2.24) is 0 Å². The molecule has 0 amide bonds. The minimum absolute atomic E-state index is 0. The van der Waals surface area contributed by atoms with Crippen molar-refractivity contribution in [2.75, 3.05) is 81.3 Å². The fourth-order valence-electron chi connectivity index (χ4n) is 4.55. The zero-order valence-corrected chi connectivity index (χ0v) is 47.5. The van der Waals surface area contributed by atoms with Gasteiger partial charge in [0.25, 0.3) is 26.7 Å². The van der Waals surface area contributed by atoms with Gasteiger partial charge in [0.2, 0.25) is 0 Å². The van der Waals surface area contributed by atoms with Crippen LogP contribution in [0.2, 0.25) is 0 Å². The van der Waals surface area contributed by atoms with E-state index in [9.17, 15) is 46.2 Å². The Kier molecular flexibility index (Phi) is 32.5. The Labute approximate surface area is 485 Å². The molecule has 0 fully saturated rings. The zero-order valence-electron chi connectivity index (χ0n) is 39.0. The van der Waals surface area contributed by atoms with Crippen LogP contribution in [0.3, 0.4) is 0 Å². The van der Waals surface area contributed by atoms with Gasteiger partial charge in [0.15, 0.2) is 42.5 Å². The van der Waals surface area contributed by atoms with Crippen molar-refractivity contribution in [1.29, 1.82) is 0 Å². The number of esters is 4. The van der Waals surface area contributed by atoms with E-state index in [-0.39, 0.29) is 191 Å². The Hall–Kier alpha value is -2.64. The summed E-state index contributed by atoms with van der Waals surface area (Å²) in [5.41, 5.74) is 1.88. The third kappa shape index (κ3) is 21.0. The summed E-state index contributed by atoms with van der Waals surface area (Å²) in [6.45, 7) is 4.37. The number of rotatable bonds is 15. The standard InChI is InChI=1S/C18H22O7S2.C12H14O7S.C8H8O6S.CH2O3.2K.H/c1-15-3-7-17(8-4-15)26(19,20)24-13-11-23-12-14-25-27(21,22)18-9-5-16(2)6-10-18;1-15-11(13)9-7-8(10(20-9)12(14)16-2)19-6-4-17-3-5-18-7;1-13-7(11)5-3(9)4(10)6(15-5)8(12)14-2;2-1-4-3;;;/h3-10H,11-14H2,1-2H3;3-6H2,1-2H3;9-10H,1-2H3;1,3H;;;/q;;;;2*+1;-1/p-1. The van der Waals surface area contributed by atoms with Crippen LogP contribution in [0.4, 0.5) is 0 Å². The van der Waals surface area contributed by atoms with Gasteiger partial charge in [-0.1, -0.05) is 35.4 Å². The van der Waals surface area contributed by atoms with Gasteiger partial charge in [-0.3, -0.25) is 13.2 Å². The number of ether oxygens (including phenoxy) is 8. The zero-order chi connectivity index (χ0) is 49.5. The maximum absolute atomic E-state index is 12.0. The molecule has 0 saturated carbocycles. The number of hydrogen-bond acceptors (Lipinski definition) is 25. The van der Waals surface area contributed by atoms with Gasteiger partial charge in [-0.15, -0.1) is 22.7 Å². The van der Waals surface area contributed by atoms with E-state index in [1.165, 1.54) is 38.5 Å². The molecule has 1 aliphatic heterocycles. The second kappa shape index (κ2) is 33.9. The largest absolute Gasteiger partial charge is 1.00 e. The molecule has 29 heteroatoms. The maximum Gasteiger partial charge on any atom is 1.00 e. The van der Waals surface area contributed by atoms with E-state index in [4.69, 9.17) is 37.4 Å². The molecular weight excluding hydrogens is 1040 g/mol. The van der Waals surface area contributed by atoms with Crippen molar-refractivity contribution in [2.24, 2.45) is 0 Å². The molecule has 0 aliphatic carbocycles. The topological polar surface area (TPSA) is 319 Å². The SMILES string of the molecule is COC(=O)c1sc(C(=O)OC)c(O)c1O.COC(=O)c1sc(C(=O)OC)c2c1OCCOCCO2.Cc1ccc(S(=O)(=O)OCCOCCOS(=O)(=O)c2ccc(C)cc2)cc1.O=CO[O-].[H-].[K+].[K+]. The fourth-order valence-corrected chi connectivity index (χ4v) is 8.29. The summed E-state index contributed by atoms with van der Waals surface area (Å²) in [7, 11) is -2.93. The van der Waals surface area contributed by atoms with Crippen molar-refractivity contribution in [3.8, 4) is 23.0 Å². The second-order valence-electron chi connectivity index (χ2n) is 12.1. The molecule has 2 aromatic heterocycles. The van der Waals surface area contributed by atoms with Gasteiger partial charge in [0.05, 0.1) is 77.9 Å². The van der Waals surface area contributed by atoms with Crippen molar-refractivity contribution in [3.05, 3.63) is 79.2 Å². The van der Waals surface area contributed by atoms with Crippen LogP contribution in [-0.2, 0) is 66.7 Å². The second-order valence-corrected chi connectivity index (χ2v) is 17.4. The molecule has 3 heterocycles. The van der Waals surface area contributed by atoms with Crippen LogP contribution < -0.4 is 118 Å². The summed E-state index contributed by atoms with van der Waals surface area (Å²) in [6, 6.07) is 12.6. The summed E-state index contributed by atoms with van der Waals surface area (Å²) in [4.78, 5) is 56.9. The predicted octanol–water partition coefficient (Wildman–Crippen LogP) is -3.17. The number of methoxy groups -OCH3 is 4. The number of benzene rings is 2. The van der Waals surface area contributed by atoms with Gasteiger partial charge in [-0.05, 0) is 38.1 Å². The van der Waals surface area contributed by atoms with Crippen molar-refractivity contribution >= 4 is 73.3 Å². The minimum atomic E-state index is -3.84. The van der Waals surface area contributed by atoms with Crippen molar-refractivity contribution in [2.45, 2.75) is 23.6 Å². The molecular formula is C39H46K2O23S4. The van der Waals surface area contributed by atoms with Crippen molar-refractivity contribution < 1.29 is 212 Å². The molecule has 2 N–H and O–H groups in total. The molecule has 0 atom stereocenters. The molecule has 0 radical (unpaired) electrons. The van der Waals surface area contributed by atoms with Gasteiger partial charge >= 0.3 is 127 Å². The Morgan fingerprint density at radius 1 is 0.603 bits per heavy atom. The Morgan fingerprint density at radius 2 is 0.912 bits per heavy atom. The van der Waals surface area contributed by atoms with Gasteiger partial charge in [-0.2, -0.15) is 16.8 Å². The number of carbonyl (C=O) groups is 5. The maximum atomic E-state index is 12.0. The van der Waals surface area contributed by atoms with Gasteiger partial charge in [-0.25, -0.2) is 19.2 Å². The van der Waals surface area contributed by atoms with Crippen LogP contribution in [0.1, 0.15) is 51.2 Å². The molecule has 0 bridgehead atoms. The van der Waals surface area contributed by atoms with Crippen LogP contribution in [0, 0.1) is 13.8 Å². The van der Waals surface area contributed by atoms with Crippen LogP contribution in [0.15, 0.2) is 58.3 Å². The average Bonchev–Trinajstić information content (AvgIpc) is 3.86. The van der Waals surface area contributed by atoms with E-state index in [2.05, 4.69) is 23.8 Å². The van der Waals surface area contributed by atoms with E-state index in [0.29, 0.717) is 24.6 Å². The van der Waals surface area contributed by atoms with Gasteiger partial charge < -0.3 is 59.7 Å². The van der Waals surface area contributed by atoms with Gasteiger partial charge in [0, 0.05) is 0 Å². The summed E-state index contributed by atoms with van der Waals surface area (Å²) < 4.78 is 97.0. The van der Waals surface area contributed by atoms with Gasteiger partial charge in [0.1, 0.15) is 13.2 Å². The van der Waals surface area contributed by atoms with E-state index in [1.807, 2.05) is 13.8 Å². The first-order chi connectivity index (χ1) is 31.3. The number of thiophene rings is 2. The number of fused-ring (bicyclic) bond motifs is 1. The number of carbonyl (C=O) groups excluding carboxylic acids is 5. The summed E-state index contributed by atoms with van der Waals surface area (Å²) >= 11 is 1.53. The normalized spacial score (nSPS) is 11.6. The Morgan fingerprint density at radius 3 is 1.22 bits per heavy atom. The van der Waals surface area contributed by atoms with Crippen LogP contribution in [-0.4, -0.2) is 139 Å². The smallest absolute Gasteiger partial charge is 1.00 e. The van der Waals surface area contributed by atoms with Crippen LogP contribution in [0.5, 0.6) is 23.0 Å². The number of aromatic hydroxyl groups is 2. The van der Waals surface area contributed by atoms with E-state index >= 15 is 0 Å².